The second kappa shape index (κ2) is 5.25. The minimum atomic E-state index is -0.233. The molecular formula is C11H15ClO. The highest BCUT2D eigenvalue weighted by Gasteiger charge is 2.03. The molecule has 0 saturated carbocycles. The van der Waals surface area contributed by atoms with Crippen molar-refractivity contribution in [3.05, 3.63) is 34.9 Å². The lowest BCUT2D eigenvalue weighted by molar-refractivity contribution is 0.164. The third kappa shape index (κ3) is 3.79. The van der Waals surface area contributed by atoms with Crippen molar-refractivity contribution in [3.8, 4) is 0 Å². The molecule has 0 bridgehead atoms. The molecule has 0 aliphatic carbocycles. The van der Waals surface area contributed by atoms with Crippen LogP contribution in [0.1, 0.15) is 25.3 Å². The number of aliphatic hydroxyl groups excluding tert-OH is 1. The summed E-state index contributed by atoms with van der Waals surface area (Å²) in [6, 6.07) is 7.65. The Labute approximate surface area is 84.4 Å². The zero-order valence-electron chi connectivity index (χ0n) is 7.83. The summed E-state index contributed by atoms with van der Waals surface area (Å²) in [6.45, 7) is 2.07. The van der Waals surface area contributed by atoms with Crippen molar-refractivity contribution >= 4 is 11.6 Å². The summed E-state index contributed by atoms with van der Waals surface area (Å²) in [6.07, 6.45) is 2.34. The van der Waals surface area contributed by atoms with Crippen molar-refractivity contribution in [2.75, 3.05) is 0 Å². The number of benzene rings is 1. The number of hydrogen-bond acceptors (Lipinski definition) is 1. The molecule has 1 rings (SSSR count). The first-order chi connectivity index (χ1) is 6.22. The molecule has 0 fully saturated rings. The van der Waals surface area contributed by atoms with Gasteiger partial charge in [0.15, 0.2) is 0 Å². The fraction of sp³-hybridized carbons (Fsp3) is 0.455. The van der Waals surface area contributed by atoms with Crippen molar-refractivity contribution in [2.24, 2.45) is 0 Å². The summed E-state index contributed by atoms with van der Waals surface area (Å²) in [7, 11) is 0. The first-order valence-electron chi connectivity index (χ1n) is 4.65. The molecule has 0 amide bonds. The van der Waals surface area contributed by atoms with E-state index in [4.69, 9.17) is 11.6 Å². The van der Waals surface area contributed by atoms with Crippen LogP contribution < -0.4 is 0 Å². The minimum Gasteiger partial charge on any atom is -0.393 e. The molecule has 1 N–H and O–H groups in total. The van der Waals surface area contributed by atoms with E-state index >= 15 is 0 Å². The predicted octanol–water partition coefficient (Wildman–Crippen LogP) is 3.04. The minimum absolute atomic E-state index is 0.233. The van der Waals surface area contributed by atoms with Gasteiger partial charge >= 0.3 is 0 Å². The lowest BCUT2D eigenvalue weighted by Crippen LogP contribution is -2.09. The van der Waals surface area contributed by atoms with E-state index in [9.17, 15) is 5.11 Å². The third-order valence-corrected chi connectivity index (χ3v) is 2.22. The first kappa shape index (κ1) is 10.6. The van der Waals surface area contributed by atoms with Crippen molar-refractivity contribution in [1.82, 2.24) is 0 Å². The van der Waals surface area contributed by atoms with Gasteiger partial charge in [-0.05, 0) is 30.5 Å². The van der Waals surface area contributed by atoms with Crippen LogP contribution in [0.2, 0.25) is 5.02 Å². The topological polar surface area (TPSA) is 20.2 Å². The Morgan fingerprint density at radius 1 is 1.46 bits per heavy atom. The summed E-state index contributed by atoms with van der Waals surface area (Å²) in [5.41, 5.74) is 1.11. The molecule has 0 heterocycles. The average Bonchev–Trinajstić information content (AvgIpc) is 2.04. The SMILES string of the molecule is CCCC(O)Cc1cccc(Cl)c1. The van der Waals surface area contributed by atoms with Gasteiger partial charge in [-0.15, -0.1) is 0 Å². The van der Waals surface area contributed by atoms with Crippen LogP contribution in [0.15, 0.2) is 24.3 Å². The van der Waals surface area contributed by atoms with Crippen LogP contribution in [0.4, 0.5) is 0 Å². The van der Waals surface area contributed by atoms with E-state index in [1.807, 2.05) is 24.3 Å². The predicted molar refractivity (Wildman–Crippen MR) is 56.1 cm³/mol. The van der Waals surface area contributed by atoms with Gasteiger partial charge in [-0.25, -0.2) is 0 Å². The van der Waals surface area contributed by atoms with Crippen LogP contribution in [-0.4, -0.2) is 11.2 Å². The van der Waals surface area contributed by atoms with E-state index in [2.05, 4.69) is 6.92 Å². The molecule has 1 atom stereocenters. The Morgan fingerprint density at radius 3 is 2.85 bits per heavy atom. The monoisotopic (exact) mass is 198 g/mol. The molecule has 0 aromatic heterocycles. The van der Waals surface area contributed by atoms with Gasteiger partial charge < -0.3 is 5.11 Å². The van der Waals surface area contributed by atoms with E-state index in [1.54, 1.807) is 0 Å². The Balaban J connectivity index is 2.53. The zero-order chi connectivity index (χ0) is 9.68. The average molecular weight is 199 g/mol. The van der Waals surface area contributed by atoms with Gasteiger partial charge in [-0.1, -0.05) is 37.1 Å². The molecule has 0 saturated heterocycles. The van der Waals surface area contributed by atoms with Gasteiger partial charge in [0, 0.05) is 5.02 Å². The van der Waals surface area contributed by atoms with Gasteiger partial charge in [-0.3, -0.25) is 0 Å². The Morgan fingerprint density at radius 2 is 2.23 bits per heavy atom. The Kier molecular flexibility index (Phi) is 4.26. The Hall–Kier alpha value is -0.530. The molecular weight excluding hydrogens is 184 g/mol. The van der Waals surface area contributed by atoms with Crippen molar-refractivity contribution in [2.45, 2.75) is 32.3 Å². The summed E-state index contributed by atoms with van der Waals surface area (Å²) < 4.78 is 0. The molecule has 1 aromatic carbocycles. The van der Waals surface area contributed by atoms with Crippen molar-refractivity contribution in [1.29, 1.82) is 0 Å². The van der Waals surface area contributed by atoms with Gasteiger partial charge in [0.1, 0.15) is 0 Å². The molecule has 0 radical (unpaired) electrons. The van der Waals surface area contributed by atoms with E-state index in [1.165, 1.54) is 0 Å². The molecule has 0 aliphatic rings. The lowest BCUT2D eigenvalue weighted by Gasteiger charge is -2.08. The fourth-order valence-corrected chi connectivity index (χ4v) is 1.58. The number of aliphatic hydroxyl groups is 1. The summed E-state index contributed by atoms with van der Waals surface area (Å²) in [5, 5.41) is 10.3. The van der Waals surface area contributed by atoms with Crippen LogP contribution in [-0.2, 0) is 6.42 Å². The summed E-state index contributed by atoms with van der Waals surface area (Å²) in [4.78, 5) is 0. The normalized spacial score (nSPS) is 12.8. The second-order valence-corrected chi connectivity index (χ2v) is 3.71. The van der Waals surface area contributed by atoms with E-state index in [-0.39, 0.29) is 6.10 Å². The molecule has 0 aliphatic heterocycles. The third-order valence-electron chi connectivity index (χ3n) is 1.98. The molecule has 1 unspecified atom stereocenters. The number of rotatable bonds is 4. The second-order valence-electron chi connectivity index (χ2n) is 3.28. The molecule has 0 spiro atoms. The van der Waals surface area contributed by atoms with Gasteiger partial charge in [0.25, 0.3) is 0 Å². The van der Waals surface area contributed by atoms with Crippen molar-refractivity contribution in [3.63, 3.8) is 0 Å². The van der Waals surface area contributed by atoms with Gasteiger partial charge in [-0.2, -0.15) is 0 Å². The molecule has 1 nitrogen and oxygen atoms in total. The van der Waals surface area contributed by atoms with E-state index in [0.717, 1.165) is 23.4 Å². The molecule has 2 heteroatoms. The largest absolute Gasteiger partial charge is 0.393 e. The maximum atomic E-state index is 9.55. The quantitative estimate of drug-likeness (QED) is 0.789. The number of halogens is 1. The van der Waals surface area contributed by atoms with Crippen LogP contribution in [0.3, 0.4) is 0 Å². The smallest absolute Gasteiger partial charge is 0.0580 e. The summed E-state index contributed by atoms with van der Waals surface area (Å²) in [5.74, 6) is 0. The lowest BCUT2D eigenvalue weighted by atomic mass is 10.1. The maximum Gasteiger partial charge on any atom is 0.0580 e. The standard InChI is InChI=1S/C11H15ClO/c1-2-4-11(13)8-9-5-3-6-10(12)7-9/h3,5-7,11,13H,2,4,8H2,1H3. The van der Waals surface area contributed by atoms with Gasteiger partial charge in [0.05, 0.1) is 6.10 Å². The molecule has 72 valence electrons. The molecule has 13 heavy (non-hydrogen) atoms. The fourth-order valence-electron chi connectivity index (χ4n) is 1.37. The highest BCUT2D eigenvalue weighted by Crippen LogP contribution is 2.13. The van der Waals surface area contributed by atoms with E-state index in [0.29, 0.717) is 6.42 Å². The first-order valence-corrected chi connectivity index (χ1v) is 5.02. The highest BCUT2D eigenvalue weighted by molar-refractivity contribution is 6.30. The summed E-state index contributed by atoms with van der Waals surface area (Å²) >= 11 is 5.82. The zero-order valence-corrected chi connectivity index (χ0v) is 8.59. The van der Waals surface area contributed by atoms with Crippen LogP contribution >= 0.6 is 11.6 Å². The highest BCUT2D eigenvalue weighted by atomic mass is 35.5. The maximum absolute atomic E-state index is 9.55. The molecule has 1 aromatic rings. The van der Waals surface area contributed by atoms with Crippen LogP contribution in [0.5, 0.6) is 0 Å². The van der Waals surface area contributed by atoms with Gasteiger partial charge in [0.2, 0.25) is 0 Å². The Bertz CT molecular complexity index is 260. The van der Waals surface area contributed by atoms with E-state index < -0.39 is 0 Å². The van der Waals surface area contributed by atoms with Crippen molar-refractivity contribution < 1.29 is 5.11 Å². The van der Waals surface area contributed by atoms with Crippen LogP contribution in [0.25, 0.3) is 0 Å². The number of hydrogen-bond donors (Lipinski definition) is 1. The van der Waals surface area contributed by atoms with Crippen LogP contribution in [0, 0.1) is 0 Å².